The minimum atomic E-state index is 0.515. The van der Waals surface area contributed by atoms with Crippen molar-refractivity contribution < 1.29 is 4.74 Å². The second-order valence-electron chi connectivity index (χ2n) is 4.85. The first-order chi connectivity index (χ1) is 10.2. The molecule has 1 fully saturated rings. The van der Waals surface area contributed by atoms with Crippen molar-refractivity contribution in [3.63, 3.8) is 0 Å². The standard InChI is InChI=1S/C15H22N4OS/c1-3-16-15(21)18-17-11-12-6-7-13(10-14(12)20-2)19-8-4-5-9-19/h6-7,10-11H,3-5,8-9H2,1-2H3,(H2,16,18,21). The second kappa shape index (κ2) is 7.83. The monoisotopic (exact) mass is 306 g/mol. The Morgan fingerprint density at radius 3 is 2.86 bits per heavy atom. The molecular formula is C15H22N4OS. The smallest absolute Gasteiger partial charge is 0.186 e. The first kappa shape index (κ1) is 15.6. The van der Waals surface area contributed by atoms with Crippen LogP contribution in [-0.2, 0) is 0 Å². The summed E-state index contributed by atoms with van der Waals surface area (Å²) in [5.41, 5.74) is 4.91. The second-order valence-corrected chi connectivity index (χ2v) is 5.26. The lowest BCUT2D eigenvalue weighted by Gasteiger charge is -2.18. The average molecular weight is 306 g/mol. The molecule has 0 aromatic heterocycles. The van der Waals surface area contributed by atoms with E-state index in [1.165, 1.54) is 18.5 Å². The molecule has 0 saturated carbocycles. The van der Waals surface area contributed by atoms with Crippen LogP contribution in [0, 0.1) is 0 Å². The van der Waals surface area contributed by atoms with Crippen molar-refractivity contribution in [3.05, 3.63) is 23.8 Å². The Morgan fingerprint density at radius 1 is 1.43 bits per heavy atom. The molecule has 0 amide bonds. The van der Waals surface area contributed by atoms with E-state index in [-0.39, 0.29) is 0 Å². The molecule has 1 aromatic rings. The minimum Gasteiger partial charge on any atom is -0.496 e. The highest BCUT2D eigenvalue weighted by Gasteiger charge is 2.13. The van der Waals surface area contributed by atoms with Crippen LogP contribution in [0.3, 0.4) is 0 Å². The fraction of sp³-hybridized carbons (Fsp3) is 0.467. The van der Waals surface area contributed by atoms with E-state index in [9.17, 15) is 0 Å². The van der Waals surface area contributed by atoms with Crippen LogP contribution in [0.5, 0.6) is 5.75 Å². The van der Waals surface area contributed by atoms with Gasteiger partial charge >= 0.3 is 0 Å². The predicted octanol–water partition coefficient (Wildman–Crippen LogP) is 2.11. The zero-order chi connectivity index (χ0) is 15.1. The molecule has 6 heteroatoms. The Labute approximate surface area is 131 Å². The quantitative estimate of drug-likeness (QED) is 0.496. The van der Waals surface area contributed by atoms with E-state index in [1.54, 1.807) is 13.3 Å². The summed E-state index contributed by atoms with van der Waals surface area (Å²) in [6.07, 6.45) is 4.24. The normalized spacial score (nSPS) is 14.5. The van der Waals surface area contributed by atoms with E-state index in [0.717, 1.165) is 30.9 Å². The summed E-state index contributed by atoms with van der Waals surface area (Å²) in [7, 11) is 1.68. The summed E-state index contributed by atoms with van der Waals surface area (Å²) in [6, 6.07) is 6.20. The van der Waals surface area contributed by atoms with Gasteiger partial charge in [-0.25, -0.2) is 0 Å². The van der Waals surface area contributed by atoms with Gasteiger partial charge < -0.3 is 15.0 Å². The first-order valence-electron chi connectivity index (χ1n) is 7.24. The molecular weight excluding hydrogens is 284 g/mol. The molecule has 0 unspecified atom stereocenters. The molecule has 114 valence electrons. The lowest BCUT2D eigenvalue weighted by atomic mass is 10.2. The number of methoxy groups -OCH3 is 1. The van der Waals surface area contributed by atoms with Crippen LogP contribution >= 0.6 is 12.2 Å². The number of nitrogens with zero attached hydrogens (tertiary/aromatic N) is 2. The average Bonchev–Trinajstić information content (AvgIpc) is 3.02. The summed E-state index contributed by atoms with van der Waals surface area (Å²) < 4.78 is 5.46. The van der Waals surface area contributed by atoms with Gasteiger partial charge in [0, 0.05) is 37.0 Å². The highest BCUT2D eigenvalue weighted by atomic mass is 32.1. The number of anilines is 1. The van der Waals surface area contributed by atoms with E-state index < -0.39 is 0 Å². The third kappa shape index (κ3) is 4.32. The maximum absolute atomic E-state index is 5.46. The highest BCUT2D eigenvalue weighted by Crippen LogP contribution is 2.27. The molecule has 2 rings (SSSR count). The van der Waals surface area contributed by atoms with Crippen molar-refractivity contribution >= 4 is 29.2 Å². The Hall–Kier alpha value is -1.82. The molecule has 0 aliphatic carbocycles. The van der Waals surface area contributed by atoms with Gasteiger partial charge in [0.1, 0.15) is 5.75 Å². The van der Waals surface area contributed by atoms with Crippen LogP contribution in [0.1, 0.15) is 25.3 Å². The molecule has 0 radical (unpaired) electrons. The van der Waals surface area contributed by atoms with Crippen LogP contribution in [-0.4, -0.2) is 38.1 Å². The van der Waals surface area contributed by atoms with E-state index in [1.807, 2.05) is 13.0 Å². The lowest BCUT2D eigenvalue weighted by molar-refractivity contribution is 0.414. The Balaban J connectivity index is 2.05. The maximum Gasteiger partial charge on any atom is 0.186 e. The Morgan fingerprint density at radius 2 is 2.19 bits per heavy atom. The van der Waals surface area contributed by atoms with Gasteiger partial charge in [-0.05, 0) is 44.1 Å². The highest BCUT2D eigenvalue weighted by molar-refractivity contribution is 7.80. The summed E-state index contributed by atoms with van der Waals surface area (Å²) in [4.78, 5) is 2.38. The van der Waals surface area contributed by atoms with E-state index in [0.29, 0.717) is 5.11 Å². The van der Waals surface area contributed by atoms with Gasteiger partial charge in [-0.3, -0.25) is 5.43 Å². The van der Waals surface area contributed by atoms with Crippen molar-refractivity contribution in [3.8, 4) is 5.75 Å². The van der Waals surface area contributed by atoms with Gasteiger partial charge in [-0.1, -0.05) is 0 Å². The number of ether oxygens (including phenoxy) is 1. The molecule has 0 bridgehead atoms. The first-order valence-corrected chi connectivity index (χ1v) is 7.65. The number of hydrogen-bond donors (Lipinski definition) is 2. The SMILES string of the molecule is CCNC(=S)NN=Cc1ccc(N2CCCC2)cc1OC. The molecule has 1 aliphatic heterocycles. The number of hydrazone groups is 1. The van der Waals surface area contributed by atoms with Gasteiger partial charge in [0.15, 0.2) is 5.11 Å². The van der Waals surface area contributed by atoms with E-state index in [4.69, 9.17) is 17.0 Å². The molecule has 1 saturated heterocycles. The molecule has 2 N–H and O–H groups in total. The van der Waals surface area contributed by atoms with Crippen LogP contribution in [0.2, 0.25) is 0 Å². The summed E-state index contributed by atoms with van der Waals surface area (Å²) >= 11 is 5.05. The van der Waals surface area contributed by atoms with Crippen molar-refractivity contribution in [1.29, 1.82) is 0 Å². The van der Waals surface area contributed by atoms with Crippen molar-refractivity contribution in [1.82, 2.24) is 10.7 Å². The molecule has 21 heavy (non-hydrogen) atoms. The maximum atomic E-state index is 5.46. The van der Waals surface area contributed by atoms with E-state index in [2.05, 4.69) is 32.9 Å². The third-order valence-electron chi connectivity index (χ3n) is 3.40. The molecule has 1 heterocycles. The van der Waals surface area contributed by atoms with Crippen molar-refractivity contribution in [2.75, 3.05) is 31.6 Å². The number of thiocarbonyl (C=S) groups is 1. The fourth-order valence-corrected chi connectivity index (χ4v) is 2.54. The molecule has 1 aliphatic rings. The van der Waals surface area contributed by atoms with E-state index >= 15 is 0 Å². The summed E-state index contributed by atoms with van der Waals surface area (Å²) in [5, 5.41) is 7.61. The molecule has 5 nitrogen and oxygen atoms in total. The van der Waals surface area contributed by atoms with Crippen LogP contribution in [0.25, 0.3) is 0 Å². The van der Waals surface area contributed by atoms with Crippen LogP contribution in [0.4, 0.5) is 5.69 Å². The molecule has 0 atom stereocenters. The fourth-order valence-electron chi connectivity index (χ4n) is 2.34. The number of hydrogen-bond acceptors (Lipinski definition) is 4. The van der Waals surface area contributed by atoms with Crippen molar-refractivity contribution in [2.24, 2.45) is 5.10 Å². The zero-order valence-corrected chi connectivity index (χ0v) is 13.4. The number of benzene rings is 1. The Kier molecular flexibility index (Phi) is 5.80. The largest absolute Gasteiger partial charge is 0.496 e. The van der Waals surface area contributed by atoms with Gasteiger partial charge in [0.05, 0.1) is 13.3 Å². The number of nitrogens with one attached hydrogen (secondary N) is 2. The predicted molar refractivity (Wildman–Crippen MR) is 91.4 cm³/mol. The summed E-state index contributed by atoms with van der Waals surface area (Å²) in [6.45, 7) is 5.00. The molecule has 1 aromatic carbocycles. The topological polar surface area (TPSA) is 48.9 Å². The van der Waals surface area contributed by atoms with Gasteiger partial charge in [-0.2, -0.15) is 5.10 Å². The van der Waals surface area contributed by atoms with Gasteiger partial charge in [0.25, 0.3) is 0 Å². The lowest BCUT2D eigenvalue weighted by Crippen LogP contribution is -2.31. The number of rotatable bonds is 5. The van der Waals surface area contributed by atoms with Gasteiger partial charge in [0.2, 0.25) is 0 Å². The third-order valence-corrected chi connectivity index (χ3v) is 3.63. The van der Waals surface area contributed by atoms with Crippen LogP contribution in [0.15, 0.2) is 23.3 Å². The van der Waals surface area contributed by atoms with Crippen LogP contribution < -0.4 is 20.4 Å². The Bertz CT molecular complexity index is 512. The molecule has 0 spiro atoms. The van der Waals surface area contributed by atoms with Crippen molar-refractivity contribution in [2.45, 2.75) is 19.8 Å². The zero-order valence-electron chi connectivity index (χ0n) is 12.6. The summed E-state index contributed by atoms with van der Waals surface area (Å²) in [5.74, 6) is 0.819. The minimum absolute atomic E-state index is 0.515. The van der Waals surface area contributed by atoms with Gasteiger partial charge in [-0.15, -0.1) is 0 Å².